The van der Waals surface area contributed by atoms with E-state index in [9.17, 15) is 0 Å². The van der Waals surface area contributed by atoms with Crippen LogP contribution in [0.25, 0.3) is 0 Å². The van der Waals surface area contributed by atoms with Crippen molar-refractivity contribution >= 4 is 18.9 Å². The van der Waals surface area contributed by atoms with Crippen molar-refractivity contribution in [3.05, 3.63) is 5.75 Å². The van der Waals surface area contributed by atoms with Gasteiger partial charge < -0.3 is 4.79 Å². The van der Waals surface area contributed by atoms with E-state index in [-0.39, 0.29) is 0 Å². The molecule has 0 aliphatic carbocycles. The molecule has 22 valence electrons. The lowest BCUT2D eigenvalue weighted by Gasteiger charge is -1.47. The molecule has 0 aromatic rings. The first-order chi connectivity index (χ1) is 1.91. The Bertz CT molecular complexity index is 20.0. The van der Waals surface area contributed by atoms with Crippen LogP contribution in [0, 0.1) is 5.75 Å². The van der Waals surface area contributed by atoms with Gasteiger partial charge >= 0.3 is 0 Å². The van der Waals surface area contributed by atoms with Gasteiger partial charge in [0.1, 0.15) is 6.29 Å². The molecule has 0 atom stereocenters. The van der Waals surface area contributed by atoms with E-state index in [1.165, 1.54) is 0 Å². The summed E-state index contributed by atoms with van der Waals surface area (Å²) in [6, 6.07) is 0. The molecular formula is C2H2OS. The van der Waals surface area contributed by atoms with Gasteiger partial charge in [0, 0.05) is 0 Å². The fourth-order valence-corrected chi connectivity index (χ4v) is 0. The summed E-state index contributed by atoms with van der Waals surface area (Å²) in [6.07, 6.45) is 0.565. The molecule has 0 saturated carbocycles. The predicted octanol–water partition coefficient (Wildman–Crippen LogP) is 0.545. The van der Waals surface area contributed by atoms with E-state index < -0.39 is 0 Å². The highest BCUT2D eigenvalue weighted by Gasteiger charge is 1.56. The van der Waals surface area contributed by atoms with E-state index in [1.54, 1.807) is 0 Å². The van der Waals surface area contributed by atoms with Crippen LogP contribution >= 0.6 is 12.6 Å². The molecule has 0 aliphatic heterocycles. The first-order valence-electron chi connectivity index (χ1n) is 0.805. The van der Waals surface area contributed by atoms with E-state index >= 15 is 0 Å². The Labute approximate surface area is 30.4 Å². The monoisotopic (exact) mass is 74.0 g/mol. The van der Waals surface area contributed by atoms with Gasteiger partial charge in [0.15, 0.2) is 0 Å². The summed E-state index contributed by atoms with van der Waals surface area (Å²) >= 11 is 4.06. The highest BCUT2D eigenvalue weighted by molar-refractivity contribution is 7.83. The fraction of sp³-hybridized carbons (Fsp3) is 0. The van der Waals surface area contributed by atoms with Gasteiger partial charge in [0.2, 0.25) is 0 Å². The second-order valence-corrected chi connectivity index (χ2v) is 0.544. The molecule has 0 N–H and O–H groups in total. The second kappa shape index (κ2) is 3.02. The summed E-state index contributed by atoms with van der Waals surface area (Å²) in [5, 5.41) is 0. The number of hydrogen-bond acceptors (Lipinski definition) is 1. The summed E-state index contributed by atoms with van der Waals surface area (Å²) in [7, 11) is 0. The number of aldehydes is 1. The molecule has 2 heteroatoms. The number of carbonyl (C=O) groups excluding carboxylic acids is 1. The smallest absolute Gasteiger partial charge is 0.135 e. The standard InChI is InChI=1S/C2H2OS/c3-1-2-4/h1-2H. The molecule has 0 rings (SSSR count). The van der Waals surface area contributed by atoms with Crippen LogP contribution in [-0.2, 0) is 4.79 Å². The first kappa shape index (κ1) is 4.02. The summed E-state index contributed by atoms with van der Waals surface area (Å²) < 4.78 is 0. The Balaban J connectivity index is 2.30. The van der Waals surface area contributed by atoms with Crippen LogP contribution in [0.2, 0.25) is 0 Å². The minimum atomic E-state index is 0.565. The van der Waals surface area contributed by atoms with Crippen molar-refractivity contribution in [3.63, 3.8) is 0 Å². The number of hydrogen-bond donors (Lipinski definition) is 0. The molecule has 2 radical (unpaired) electrons. The molecule has 0 spiro atoms. The lowest BCUT2D eigenvalue weighted by atomic mass is 10.9. The van der Waals surface area contributed by atoms with Crippen LogP contribution in [0.15, 0.2) is 0 Å². The third kappa shape index (κ3) is 2.02. The zero-order chi connectivity index (χ0) is 3.41. The zero-order valence-electron chi connectivity index (χ0n) is 1.97. The summed E-state index contributed by atoms with van der Waals surface area (Å²) in [4.78, 5) is 9.01. The van der Waals surface area contributed by atoms with Gasteiger partial charge in [-0.1, -0.05) is 12.6 Å². The van der Waals surface area contributed by atoms with E-state index in [2.05, 4.69) is 12.6 Å². The molecule has 0 aromatic carbocycles. The van der Waals surface area contributed by atoms with Crippen LogP contribution in [0.3, 0.4) is 0 Å². The third-order valence-corrected chi connectivity index (χ3v) is 0.167. The predicted molar refractivity (Wildman–Crippen MR) is 18.0 cm³/mol. The Morgan fingerprint density at radius 1 is 1.75 bits per heavy atom. The molecule has 1 nitrogen and oxygen atoms in total. The van der Waals surface area contributed by atoms with Crippen molar-refractivity contribution in [1.82, 2.24) is 0 Å². The Morgan fingerprint density at radius 2 is 2.00 bits per heavy atom. The largest absolute Gasteiger partial charge is 0.302 e. The minimum absolute atomic E-state index is 0.565. The number of carbonyl (C=O) groups is 1. The fourth-order valence-electron chi connectivity index (χ4n) is 0. The maximum Gasteiger partial charge on any atom is 0.135 e. The lowest BCUT2D eigenvalue weighted by Crippen LogP contribution is -1.52. The van der Waals surface area contributed by atoms with Crippen LogP contribution in [-0.4, -0.2) is 6.29 Å². The van der Waals surface area contributed by atoms with Gasteiger partial charge in [0.25, 0.3) is 0 Å². The maximum atomic E-state index is 9.01. The van der Waals surface area contributed by atoms with Crippen LogP contribution in [0.5, 0.6) is 0 Å². The molecule has 0 aromatic heterocycles. The maximum absolute atomic E-state index is 9.01. The summed E-state index contributed by atoms with van der Waals surface area (Å²) in [5.74, 6) is 1.03. The Hall–Kier alpha value is 0.0200. The van der Waals surface area contributed by atoms with E-state index in [1.807, 2.05) is 0 Å². The quantitative estimate of drug-likeness (QED) is 0.415. The van der Waals surface area contributed by atoms with Crippen molar-refractivity contribution in [3.8, 4) is 0 Å². The third-order valence-electron chi connectivity index (χ3n) is 0.0556. The average molecular weight is 74.1 g/mol. The van der Waals surface area contributed by atoms with Crippen molar-refractivity contribution in [1.29, 1.82) is 0 Å². The van der Waals surface area contributed by atoms with E-state index in [0.29, 0.717) is 6.29 Å². The van der Waals surface area contributed by atoms with Gasteiger partial charge in [-0.2, -0.15) is 0 Å². The minimum Gasteiger partial charge on any atom is -0.302 e. The Morgan fingerprint density at radius 3 is 2.00 bits per heavy atom. The molecular weight excluding hydrogens is 72.1 g/mol. The van der Waals surface area contributed by atoms with Crippen molar-refractivity contribution in [2.45, 2.75) is 0 Å². The highest BCUT2D eigenvalue weighted by Crippen LogP contribution is 1.67. The average Bonchev–Trinajstić information content (AvgIpc) is 1.37. The zero-order valence-corrected chi connectivity index (χ0v) is 2.79. The van der Waals surface area contributed by atoms with Crippen molar-refractivity contribution < 1.29 is 4.79 Å². The lowest BCUT2D eigenvalue weighted by molar-refractivity contribution is -0.104. The SMILES string of the molecule is O=C[CH][S]. The Kier molecular flexibility index (Phi) is 3.04. The number of rotatable bonds is 1. The summed E-state index contributed by atoms with van der Waals surface area (Å²) in [6.45, 7) is 0. The molecule has 0 saturated heterocycles. The van der Waals surface area contributed by atoms with Crippen molar-refractivity contribution in [2.24, 2.45) is 0 Å². The molecule has 0 aliphatic rings. The van der Waals surface area contributed by atoms with Gasteiger partial charge in [-0.25, -0.2) is 0 Å². The summed E-state index contributed by atoms with van der Waals surface area (Å²) in [5.41, 5.74) is 0. The molecule has 0 unspecified atom stereocenters. The molecule has 4 heavy (non-hydrogen) atoms. The van der Waals surface area contributed by atoms with Crippen molar-refractivity contribution in [2.75, 3.05) is 0 Å². The molecule has 0 amide bonds. The molecule has 0 bridgehead atoms. The van der Waals surface area contributed by atoms with Gasteiger partial charge in [0.05, 0.1) is 5.75 Å². The molecule has 0 heterocycles. The van der Waals surface area contributed by atoms with Crippen LogP contribution in [0.1, 0.15) is 0 Å². The van der Waals surface area contributed by atoms with Gasteiger partial charge in [-0.15, -0.1) is 0 Å². The van der Waals surface area contributed by atoms with Gasteiger partial charge in [-0.05, 0) is 0 Å². The van der Waals surface area contributed by atoms with E-state index in [4.69, 9.17) is 4.79 Å². The molecule has 0 fully saturated rings. The topological polar surface area (TPSA) is 17.1 Å². The second-order valence-electron chi connectivity index (χ2n) is 0.272. The highest BCUT2D eigenvalue weighted by atomic mass is 32.1. The van der Waals surface area contributed by atoms with Crippen LogP contribution in [0.4, 0.5) is 0 Å². The van der Waals surface area contributed by atoms with E-state index in [0.717, 1.165) is 5.75 Å². The van der Waals surface area contributed by atoms with Gasteiger partial charge in [-0.3, -0.25) is 0 Å². The first-order valence-corrected chi connectivity index (χ1v) is 1.28. The normalized spacial score (nSPS) is 6.25. The van der Waals surface area contributed by atoms with Crippen LogP contribution < -0.4 is 0 Å².